The Morgan fingerprint density at radius 2 is 1.90 bits per heavy atom. The molecule has 0 aliphatic carbocycles. The van der Waals surface area contributed by atoms with Crippen molar-refractivity contribution in [2.75, 3.05) is 32.8 Å². The van der Waals surface area contributed by atoms with Crippen molar-refractivity contribution in [3.63, 3.8) is 0 Å². The number of benzene rings is 1. The summed E-state index contributed by atoms with van der Waals surface area (Å²) in [5.41, 5.74) is 3.14. The van der Waals surface area contributed by atoms with Crippen molar-refractivity contribution in [3.05, 3.63) is 52.2 Å². The lowest BCUT2D eigenvalue weighted by Gasteiger charge is -2.38. The predicted molar refractivity (Wildman–Crippen MR) is 113 cm³/mol. The van der Waals surface area contributed by atoms with Crippen LogP contribution in [0, 0.1) is 0 Å². The summed E-state index contributed by atoms with van der Waals surface area (Å²) in [5, 5.41) is 0.961. The average molecular weight is 412 g/mol. The van der Waals surface area contributed by atoms with Crippen LogP contribution < -0.4 is 0 Å². The number of esters is 1. The molecule has 1 saturated heterocycles. The minimum absolute atomic E-state index is 0.282. The van der Waals surface area contributed by atoms with E-state index in [1.165, 1.54) is 16.9 Å². The quantitative estimate of drug-likeness (QED) is 0.577. The lowest BCUT2D eigenvalue weighted by molar-refractivity contribution is 0.0532. The summed E-state index contributed by atoms with van der Waals surface area (Å²) < 4.78 is 5.04. The van der Waals surface area contributed by atoms with Gasteiger partial charge in [-0.1, -0.05) is 6.07 Å². The molecule has 7 nitrogen and oxygen atoms in total. The fourth-order valence-corrected chi connectivity index (χ4v) is 4.49. The van der Waals surface area contributed by atoms with Crippen molar-refractivity contribution in [1.82, 2.24) is 24.8 Å². The molecule has 4 rings (SSSR count). The zero-order valence-corrected chi connectivity index (χ0v) is 17.6. The maximum atomic E-state index is 11.8. The molecule has 29 heavy (non-hydrogen) atoms. The first-order valence-electron chi connectivity index (χ1n) is 9.93. The van der Waals surface area contributed by atoms with Crippen LogP contribution in [0.25, 0.3) is 11.0 Å². The molecule has 152 valence electrons. The van der Waals surface area contributed by atoms with Crippen molar-refractivity contribution in [2.24, 2.45) is 0 Å². The third kappa shape index (κ3) is 4.60. The van der Waals surface area contributed by atoms with E-state index in [0.29, 0.717) is 17.5 Å². The van der Waals surface area contributed by atoms with Crippen molar-refractivity contribution in [1.29, 1.82) is 0 Å². The molecule has 0 spiro atoms. The Kier molecular flexibility index (Phi) is 6.13. The minimum atomic E-state index is -0.282. The Hall–Kier alpha value is -2.42. The number of piperazine rings is 1. The van der Waals surface area contributed by atoms with Gasteiger partial charge in [0.25, 0.3) is 0 Å². The molecular weight excluding hydrogens is 386 g/mol. The van der Waals surface area contributed by atoms with Crippen LogP contribution in [0.15, 0.2) is 36.8 Å². The van der Waals surface area contributed by atoms with Gasteiger partial charge in [-0.2, -0.15) is 0 Å². The molecule has 0 N–H and O–H groups in total. The molecule has 3 aromatic rings. The maximum absolute atomic E-state index is 11.8. The molecule has 1 aliphatic heterocycles. The van der Waals surface area contributed by atoms with Crippen LogP contribution in [-0.2, 0) is 11.3 Å². The number of thiazole rings is 1. The van der Waals surface area contributed by atoms with E-state index in [2.05, 4.69) is 43.8 Å². The van der Waals surface area contributed by atoms with Crippen LogP contribution in [0.4, 0.5) is 0 Å². The zero-order chi connectivity index (χ0) is 20.2. The molecule has 1 aromatic carbocycles. The number of aromatic nitrogens is 3. The topological polar surface area (TPSA) is 71.5 Å². The molecule has 1 aliphatic rings. The maximum Gasteiger partial charge on any atom is 0.349 e. The second-order valence-electron chi connectivity index (χ2n) is 7.13. The van der Waals surface area contributed by atoms with Crippen molar-refractivity contribution in [2.45, 2.75) is 26.4 Å². The fourth-order valence-electron chi connectivity index (χ4n) is 3.63. The first-order valence-corrected chi connectivity index (χ1v) is 10.7. The molecule has 0 saturated carbocycles. The molecule has 1 unspecified atom stereocenters. The monoisotopic (exact) mass is 411 g/mol. The van der Waals surface area contributed by atoms with Gasteiger partial charge in [0.05, 0.1) is 30.4 Å². The number of carbonyl (C=O) groups is 1. The summed E-state index contributed by atoms with van der Waals surface area (Å²) in [5.74, 6) is -0.282. The summed E-state index contributed by atoms with van der Waals surface area (Å²) in [6.07, 6.45) is 5.09. The average Bonchev–Trinajstić information content (AvgIpc) is 3.22. The minimum Gasteiger partial charge on any atom is -0.462 e. The summed E-state index contributed by atoms with van der Waals surface area (Å²) in [4.78, 5) is 30.4. The molecule has 1 fully saturated rings. The van der Waals surface area contributed by atoms with E-state index in [1.54, 1.807) is 18.6 Å². The highest BCUT2D eigenvalue weighted by atomic mass is 32.1. The third-order valence-corrected chi connectivity index (χ3v) is 6.28. The van der Waals surface area contributed by atoms with Gasteiger partial charge >= 0.3 is 5.97 Å². The van der Waals surface area contributed by atoms with E-state index in [9.17, 15) is 4.79 Å². The van der Waals surface area contributed by atoms with Crippen LogP contribution in [0.2, 0.25) is 0 Å². The number of ether oxygens (including phenoxy) is 1. The van der Waals surface area contributed by atoms with E-state index < -0.39 is 0 Å². The molecule has 0 bridgehead atoms. The van der Waals surface area contributed by atoms with Gasteiger partial charge < -0.3 is 4.74 Å². The van der Waals surface area contributed by atoms with E-state index in [4.69, 9.17) is 4.74 Å². The van der Waals surface area contributed by atoms with Crippen molar-refractivity contribution < 1.29 is 9.53 Å². The van der Waals surface area contributed by atoms with Crippen LogP contribution >= 0.6 is 11.3 Å². The van der Waals surface area contributed by atoms with Crippen LogP contribution in [0.3, 0.4) is 0 Å². The van der Waals surface area contributed by atoms with Crippen molar-refractivity contribution in [3.8, 4) is 0 Å². The molecule has 0 radical (unpaired) electrons. The standard InChI is InChI=1S/C21H25N5O2S/c1-3-28-21(27)19-13-24-20(29-19)14-25-8-10-26(11-9-25)15(2)16-4-5-17-18(12-16)23-7-6-22-17/h4-7,12-13,15H,3,8-11,14H2,1-2H3. The third-order valence-electron chi connectivity index (χ3n) is 5.32. The first kappa shape index (κ1) is 19.9. The summed E-state index contributed by atoms with van der Waals surface area (Å²) in [6.45, 7) is 9.17. The summed E-state index contributed by atoms with van der Waals surface area (Å²) >= 11 is 1.43. The lowest BCUT2D eigenvalue weighted by atomic mass is 10.1. The zero-order valence-electron chi connectivity index (χ0n) is 16.7. The Morgan fingerprint density at radius 3 is 2.66 bits per heavy atom. The smallest absolute Gasteiger partial charge is 0.349 e. The number of carbonyl (C=O) groups excluding carboxylic acids is 1. The molecular formula is C21H25N5O2S. The number of fused-ring (bicyclic) bond motifs is 1. The summed E-state index contributed by atoms with van der Waals surface area (Å²) in [7, 11) is 0. The molecule has 2 aromatic heterocycles. The van der Waals surface area contributed by atoms with Gasteiger partial charge in [0.2, 0.25) is 0 Å². The second kappa shape index (κ2) is 8.94. The van der Waals surface area contributed by atoms with E-state index in [0.717, 1.165) is 48.8 Å². The second-order valence-corrected chi connectivity index (χ2v) is 8.25. The fraction of sp³-hybridized carbons (Fsp3) is 0.429. The Balaban J connectivity index is 1.33. The van der Waals surface area contributed by atoms with E-state index in [-0.39, 0.29) is 5.97 Å². The molecule has 8 heteroatoms. The molecule has 1 atom stereocenters. The van der Waals surface area contributed by atoms with Gasteiger partial charge in [0.1, 0.15) is 9.88 Å². The molecule has 0 amide bonds. The SMILES string of the molecule is CCOC(=O)c1cnc(CN2CCN(C(C)c3ccc4nccnc4c3)CC2)s1. The van der Waals surface area contributed by atoms with Gasteiger partial charge in [0.15, 0.2) is 0 Å². The van der Waals surface area contributed by atoms with Gasteiger partial charge in [-0.05, 0) is 31.5 Å². The Morgan fingerprint density at radius 1 is 1.14 bits per heavy atom. The highest BCUT2D eigenvalue weighted by Gasteiger charge is 2.23. The first-order chi connectivity index (χ1) is 14.1. The van der Waals surface area contributed by atoms with E-state index in [1.807, 2.05) is 13.0 Å². The van der Waals surface area contributed by atoms with E-state index >= 15 is 0 Å². The highest BCUT2D eigenvalue weighted by molar-refractivity contribution is 7.13. The lowest BCUT2D eigenvalue weighted by Crippen LogP contribution is -2.46. The van der Waals surface area contributed by atoms with Crippen LogP contribution in [0.1, 0.15) is 40.1 Å². The Labute approximate surface area is 174 Å². The summed E-state index contributed by atoms with van der Waals surface area (Å²) in [6, 6.07) is 6.68. The number of hydrogen-bond acceptors (Lipinski definition) is 8. The highest BCUT2D eigenvalue weighted by Crippen LogP contribution is 2.25. The predicted octanol–water partition coefficient (Wildman–Crippen LogP) is 3.14. The largest absolute Gasteiger partial charge is 0.462 e. The van der Waals surface area contributed by atoms with Gasteiger partial charge in [-0.25, -0.2) is 9.78 Å². The van der Waals surface area contributed by atoms with Crippen LogP contribution in [-0.4, -0.2) is 63.5 Å². The molecule has 3 heterocycles. The normalized spacial score (nSPS) is 16.8. The number of rotatable bonds is 6. The van der Waals surface area contributed by atoms with Gasteiger partial charge in [-0.15, -0.1) is 11.3 Å². The van der Waals surface area contributed by atoms with Crippen LogP contribution in [0.5, 0.6) is 0 Å². The Bertz CT molecular complexity index is 984. The number of nitrogens with zero attached hydrogens (tertiary/aromatic N) is 5. The van der Waals surface area contributed by atoms with Gasteiger partial charge in [-0.3, -0.25) is 19.8 Å². The van der Waals surface area contributed by atoms with Crippen molar-refractivity contribution >= 4 is 28.3 Å². The number of hydrogen-bond donors (Lipinski definition) is 0. The van der Waals surface area contributed by atoms with Gasteiger partial charge in [0, 0.05) is 44.6 Å².